The summed E-state index contributed by atoms with van der Waals surface area (Å²) < 4.78 is 44.6. The molecule has 0 spiro atoms. The molecule has 0 radical (unpaired) electrons. The molecule has 13 heteroatoms. The molecule has 1 saturated heterocycles. The van der Waals surface area contributed by atoms with Gasteiger partial charge >= 0.3 is 5.88 Å². The lowest BCUT2D eigenvalue weighted by molar-refractivity contribution is -0.759. The van der Waals surface area contributed by atoms with Gasteiger partial charge in [-0.3, -0.25) is 4.52 Å². The average molecular weight is 565 g/mol. The molecule has 2 N–H and O–H groups in total. The number of halogens is 2. The average Bonchev–Trinajstić information content (AvgIpc) is 3.57. The summed E-state index contributed by atoms with van der Waals surface area (Å²) in [7, 11) is 1.56. The molecule has 5 aromatic rings. The summed E-state index contributed by atoms with van der Waals surface area (Å²) in [6.45, 7) is 2.32. The van der Waals surface area contributed by atoms with Crippen LogP contribution >= 0.6 is 11.3 Å². The van der Waals surface area contributed by atoms with Gasteiger partial charge in [-0.1, -0.05) is 0 Å². The molecule has 3 aromatic heterocycles. The smallest absolute Gasteiger partial charge is 0.324 e. The van der Waals surface area contributed by atoms with Gasteiger partial charge in [0.2, 0.25) is 5.27 Å². The molecule has 0 unspecified atom stereocenters. The molecule has 4 heterocycles. The Bertz CT molecular complexity index is 1730. The number of benzene rings is 2. The highest BCUT2D eigenvalue weighted by molar-refractivity contribution is 7.21. The molecule has 2 aromatic carbocycles. The van der Waals surface area contributed by atoms with E-state index in [0.29, 0.717) is 53.5 Å². The van der Waals surface area contributed by atoms with Gasteiger partial charge in [0.25, 0.3) is 6.20 Å². The first-order valence-corrected chi connectivity index (χ1v) is 13.0. The van der Waals surface area contributed by atoms with E-state index in [0.717, 1.165) is 29.0 Å². The number of rotatable bonds is 6. The van der Waals surface area contributed by atoms with Gasteiger partial charge in [0.15, 0.2) is 0 Å². The lowest BCUT2D eigenvalue weighted by Gasteiger charge is -2.18. The Kier molecular flexibility index (Phi) is 6.74. The number of hydrogen-bond acceptors (Lipinski definition) is 10. The summed E-state index contributed by atoms with van der Waals surface area (Å²) in [6, 6.07) is 12.1. The van der Waals surface area contributed by atoms with E-state index in [-0.39, 0.29) is 22.0 Å². The lowest BCUT2D eigenvalue weighted by atomic mass is 9.99. The summed E-state index contributed by atoms with van der Waals surface area (Å²) in [5.74, 6) is -1.50. The van der Waals surface area contributed by atoms with E-state index < -0.39 is 17.5 Å². The highest BCUT2D eigenvalue weighted by Gasteiger charge is 2.24. The number of methoxy groups -OCH3 is 1. The Morgan fingerprint density at radius 3 is 2.62 bits per heavy atom. The molecule has 6 rings (SSSR count). The predicted octanol–water partition coefficient (Wildman–Crippen LogP) is 3.18. The molecule has 1 aliphatic heterocycles. The number of pyridine rings is 1. The van der Waals surface area contributed by atoms with Crippen molar-refractivity contribution in [3.8, 4) is 28.1 Å². The Morgan fingerprint density at radius 2 is 1.90 bits per heavy atom. The summed E-state index contributed by atoms with van der Waals surface area (Å²) in [5, 5.41) is 19.4. The zero-order valence-corrected chi connectivity index (χ0v) is 22.0. The van der Waals surface area contributed by atoms with Crippen LogP contribution in [0.25, 0.3) is 32.6 Å². The molecule has 0 atom stereocenters. The van der Waals surface area contributed by atoms with Crippen LogP contribution in [0.1, 0.15) is 4.88 Å². The number of nitrogens with two attached hydrogens (primary N) is 1. The van der Waals surface area contributed by atoms with E-state index in [2.05, 4.69) is 10.3 Å². The van der Waals surface area contributed by atoms with Crippen molar-refractivity contribution in [2.45, 2.75) is 0 Å². The maximum Gasteiger partial charge on any atom is 0.324 e. The molecule has 204 valence electrons. The number of thiophene rings is 1. The first kappa shape index (κ1) is 25.6. The molecule has 0 saturated carbocycles. The molecule has 0 aliphatic carbocycles. The van der Waals surface area contributed by atoms with Gasteiger partial charge in [0, 0.05) is 28.5 Å². The predicted molar refractivity (Wildman–Crippen MR) is 143 cm³/mol. The first-order chi connectivity index (χ1) is 19.4. The summed E-state index contributed by atoms with van der Waals surface area (Å²) in [6.07, 6.45) is 1.49. The molecule has 10 nitrogen and oxygen atoms in total. The summed E-state index contributed by atoms with van der Waals surface area (Å²) in [5.41, 5.74) is 8.27. The van der Waals surface area contributed by atoms with Crippen LogP contribution in [-0.2, 0) is 4.74 Å². The van der Waals surface area contributed by atoms with Crippen LogP contribution in [0.2, 0.25) is 0 Å². The van der Waals surface area contributed by atoms with Gasteiger partial charge in [-0.15, -0.1) is 16.3 Å². The number of ether oxygens (including phenoxy) is 2. The van der Waals surface area contributed by atoms with Gasteiger partial charge < -0.3 is 20.3 Å². The van der Waals surface area contributed by atoms with Crippen LogP contribution in [-0.4, -0.2) is 49.6 Å². The first-order valence-electron chi connectivity index (χ1n) is 12.2. The van der Waals surface area contributed by atoms with Crippen LogP contribution in [0.5, 0.6) is 5.75 Å². The van der Waals surface area contributed by atoms with E-state index in [1.165, 1.54) is 17.1 Å². The third-order valence-electron chi connectivity index (χ3n) is 6.43. The monoisotopic (exact) mass is 564 g/mol. The van der Waals surface area contributed by atoms with E-state index >= 15 is 4.39 Å². The largest absolute Gasteiger partial charge is 0.857 e. The van der Waals surface area contributed by atoms with Gasteiger partial charge in [0.1, 0.15) is 22.2 Å². The molecular weight excluding hydrogens is 542 g/mol. The summed E-state index contributed by atoms with van der Waals surface area (Å²) >= 11 is 1.02. The molecule has 0 amide bonds. The van der Waals surface area contributed by atoms with E-state index in [9.17, 15) is 9.50 Å². The fraction of sp³-hybridized carbons (Fsp3) is 0.185. The lowest BCUT2D eigenvalue weighted by Crippen LogP contribution is -2.62. The molecular formula is C27H22F2N6O4S. The van der Waals surface area contributed by atoms with Crippen LogP contribution in [0.3, 0.4) is 0 Å². The third kappa shape index (κ3) is 4.80. The van der Waals surface area contributed by atoms with Crippen LogP contribution in [0, 0.1) is 11.6 Å². The molecule has 0 bridgehead atoms. The van der Waals surface area contributed by atoms with Crippen molar-refractivity contribution in [3.05, 3.63) is 71.2 Å². The Morgan fingerprint density at radius 1 is 1.12 bits per heavy atom. The second kappa shape index (κ2) is 10.5. The maximum atomic E-state index is 15.0. The number of aromatic nitrogens is 3. The van der Waals surface area contributed by atoms with Gasteiger partial charge in [-0.05, 0) is 48.0 Å². The van der Waals surface area contributed by atoms with Crippen molar-refractivity contribution < 1.29 is 32.7 Å². The summed E-state index contributed by atoms with van der Waals surface area (Å²) in [4.78, 5) is 10.7. The van der Waals surface area contributed by atoms with Gasteiger partial charge in [-0.2, -0.15) is 0 Å². The minimum absolute atomic E-state index is 0.00923. The quantitative estimate of drug-likeness (QED) is 0.189. The van der Waals surface area contributed by atoms with Gasteiger partial charge in [0.05, 0.1) is 54.5 Å². The highest BCUT2D eigenvalue weighted by Crippen LogP contribution is 2.42. The SMILES string of the molecule is COc1ccc(-c2cc(-c3ccc(F)cc3F)c3c(N)c(/C([O-])=N/c4c[n+](N5CCOCC5)no4)sc3n2)cc1. The van der Waals surface area contributed by atoms with Crippen LogP contribution in [0.4, 0.5) is 20.4 Å². The fourth-order valence-corrected chi connectivity index (χ4v) is 5.44. The number of aliphatic imine (C=N–C) groups is 1. The normalized spacial score (nSPS) is 14.2. The van der Waals surface area contributed by atoms with Crippen molar-refractivity contribution in [2.75, 3.05) is 44.2 Å². The topological polar surface area (TPSA) is 126 Å². The van der Waals surface area contributed by atoms with Crippen molar-refractivity contribution in [1.29, 1.82) is 0 Å². The van der Waals surface area contributed by atoms with Crippen molar-refractivity contribution in [2.24, 2.45) is 4.99 Å². The standard InChI is InChI=1S/C27H22F2N6O4S/c1-37-17-5-2-15(3-6-17)21-13-19(18-7-4-16(28)12-20(18)29)23-24(30)25(40-27(23)31-21)26(36)32-22-14-35(33-39-22)34-8-10-38-11-9-34/h2-7,12-14H,8-11H2,1H3,(H2-,30,32,33,36). The number of nitrogens with zero attached hydrogens (tertiary/aromatic N) is 5. The van der Waals surface area contributed by atoms with Crippen molar-refractivity contribution in [3.63, 3.8) is 0 Å². The maximum absolute atomic E-state index is 15.0. The number of hydrogen-bond donors (Lipinski definition) is 1. The van der Waals surface area contributed by atoms with Gasteiger partial charge in [-0.25, -0.2) is 18.8 Å². The Hall–Kier alpha value is -4.62. The fourth-order valence-electron chi connectivity index (χ4n) is 4.43. The minimum Gasteiger partial charge on any atom is -0.857 e. The van der Waals surface area contributed by atoms with E-state index in [4.69, 9.17) is 24.7 Å². The van der Waals surface area contributed by atoms with E-state index in [1.54, 1.807) is 25.3 Å². The number of morpholine rings is 1. The second-order valence-electron chi connectivity index (χ2n) is 8.88. The Balaban J connectivity index is 1.46. The molecule has 1 aliphatic rings. The van der Waals surface area contributed by atoms with Crippen molar-refractivity contribution in [1.82, 2.24) is 10.3 Å². The molecule has 40 heavy (non-hydrogen) atoms. The van der Waals surface area contributed by atoms with Crippen LogP contribution < -0.4 is 25.4 Å². The van der Waals surface area contributed by atoms with Crippen molar-refractivity contribution >= 4 is 39.0 Å². The number of anilines is 1. The molecule has 1 fully saturated rings. The second-order valence-corrected chi connectivity index (χ2v) is 9.88. The highest BCUT2D eigenvalue weighted by atomic mass is 32.1. The minimum atomic E-state index is -0.773. The zero-order chi connectivity index (χ0) is 27.8. The zero-order valence-electron chi connectivity index (χ0n) is 21.1. The van der Waals surface area contributed by atoms with Crippen LogP contribution in [0.15, 0.2) is 64.2 Å². The van der Waals surface area contributed by atoms with E-state index in [1.807, 2.05) is 17.1 Å². The third-order valence-corrected chi connectivity index (χ3v) is 7.52. The number of nitrogen functional groups attached to an aromatic ring is 1. The Labute approximate surface area is 230 Å². The number of fused-ring (bicyclic) bond motifs is 1.